The Balaban J connectivity index is 1.87. The zero-order chi connectivity index (χ0) is 20.8. The van der Waals surface area contributed by atoms with E-state index in [0.717, 1.165) is 22.4 Å². The third-order valence-electron chi connectivity index (χ3n) is 3.98. The summed E-state index contributed by atoms with van der Waals surface area (Å²) in [7, 11) is 0. The highest BCUT2D eigenvalue weighted by atomic mass is 32.2. The molecule has 0 aliphatic heterocycles. The summed E-state index contributed by atoms with van der Waals surface area (Å²) >= 11 is 1.21. The molecule has 0 radical (unpaired) electrons. The number of amides is 1. The van der Waals surface area contributed by atoms with Crippen molar-refractivity contribution in [1.82, 2.24) is 0 Å². The quantitative estimate of drug-likeness (QED) is 0.323. The van der Waals surface area contributed by atoms with Gasteiger partial charge in [-0.3, -0.25) is 19.7 Å². The lowest BCUT2D eigenvalue weighted by Gasteiger charge is -2.14. The van der Waals surface area contributed by atoms with Crippen molar-refractivity contribution in [2.75, 3.05) is 11.9 Å². The minimum atomic E-state index is -0.558. The Bertz CT molecular complexity index is 873. The molecular formula is C20H22N2O5S. The molecule has 0 fully saturated rings. The smallest absolute Gasteiger partial charge is 0.319 e. The first-order valence-corrected chi connectivity index (χ1v) is 9.50. The number of nitro benzene ring substituents is 1. The molecule has 0 aromatic heterocycles. The number of hydrogen-bond donors (Lipinski definition) is 1. The fraction of sp³-hybridized carbons (Fsp3) is 0.300. The van der Waals surface area contributed by atoms with Crippen LogP contribution in [0.5, 0.6) is 0 Å². The van der Waals surface area contributed by atoms with Crippen LogP contribution in [0.3, 0.4) is 0 Å². The van der Waals surface area contributed by atoms with Gasteiger partial charge in [-0.1, -0.05) is 17.7 Å². The van der Waals surface area contributed by atoms with Gasteiger partial charge in [-0.05, 0) is 51.0 Å². The van der Waals surface area contributed by atoms with Gasteiger partial charge >= 0.3 is 5.97 Å². The molecule has 0 aliphatic rings. The fourth-order valence-electron chi connectivity index (χ4n) is 2.71. The number of nitrogens with one attached hydrogen (secondary N) is 1. The summed E-state index contributed by atoms with van der Waals surface area (Å²) in [6, 6.07) is 9.83. The summed E-state index contributed by atoms with van der Waals surface area (Å²) in [5, 5.41) is 12.9. The Morgan fingerprint density at radius 1 is 1.14 bits per heavy atom. The number of nitrogens with zero attached hydrogens (tertiary/aromatic N) is 1. The maximum absolute atomic E-state index is 12.1. The minimum Gasteiger partial charge on any atom is -0.455 e. The summed E-state index contributed by atoms with van der Waals surface area (Å²) in [5.74, 6) is -0.938. The summed E-state index contributed by atoms with van der Waals surface area (Å²) in [6.45, 7) is 7.07. The second-order valence-corrected chi connectivity index (χ2v) is 7.85. The molecule has 0 aliphatic carbocycles. The Morgan fingerprint density at radius 2 is 1.71 bits per heavy atom. The predicted octanol–water partition coefficient (Wildman–Crippen LogP) is 4.18. The van der Waals surface area contributed by atoms with Crippen LogP contribution in [0.4, 0.5) is 11.4 Å². The van der Waals surface area contributed by atoms with Crippen molar-refractivity contribution < 1.29 is 19.2 Å². The van der Waals surface area contributed by atoms with Crippen LogP contribution >= 0.6 is 11.8 Å². The van der Waals surface area contributed by atoms with Crippen molar-refractivity contribution in [2.45, 2.75) is 37.8 Å². The Hall–Kier alpha value is -2.87. The van der Waals surface area contributed by atoms with Crippen LogP contribution in [0, 0.1) is 30.9 Å². The number of benzene rings is 2. The number of esters is 1. The predicted molar refractivity (Wildman–Crippen MR) is 109 cm³/mol. The van der Waals surface area contributed by atoms with Crippen molar-refractivity contribution in [2.24, 2.45) is 0 Å². The van der Waals surface area contributed by atoms with Gasteiger partial charge in [0.2, 0.25) is 0 Å². The molecule has 0 spiro atoms. The van der Waals surface area contributed by atoms with Crippen LogP contribution in [0.2, 0.25) is 0 Å². The van der Waals surface area contributed by atoms with Crippen molar-refractivity contribution in [3.63, 3.8) is 0 Å². The van der Waals surface area contributed by atoms with Gasteiger partial charge in [0.25, 0.3) is 11.6 Å². The normalized spacial score (nSPS) is 11.6. The van der Waals surface area contributed by atoms with Gasteiger partial charge in [-0.2, -0.15) is 0 Å². The van der Waals surface area contributed by atoms with Crippen LogP contribution in [-0.2, 0) is 14.3 Å². The average molecular weight is 402 g/mol. The van der Waals surface area contributed by atoms with Gasteiger partial charge in [0, 0.05) is 22.7 Å². The lowest BCUT2D eigenvalue weighted by atomic mass is 10.1. The number of aryl methyl sites for hydroxylation is 3. The van der Waals surface area contributed by atoms with E-state index in [0.29, 0.717) is 4.90 Å². The van der Waals surface area contributed by atoms with E-state index in [4.69, 9.17) is 4.74 Å². The number of carbonyl (C=O) groups is 2. The molecule has 0 unspecified atom stereocenters. The first-order valence-electron chi connectivity index (χ1n) is 8.63. The molecule has 0 saturated heterocycles. The van der Waals surface area contributed by atoms with Crippen molar-refractivity contribution in [3.8, 4) is 0 Å². The molecule has 1 atom stereocenters. The van der Waals surface area contributed by atoms with Crippen LogP contribution in [-0.4, -0.2) is 28.7 Å². The van der Waals surface area contributed by atoms with Gasteiger partial charge in [0.1, 0.15) is 5.25 Å². The van der Waals surface area contributed by atoms with E-state index in [-0.39, 0.29) is 12.3 Å². The van der Waals surface area contributed by atoms with E-state index in [1.165, 1.54) is 23.9 Å². The lowest BCUT2D eigenvalue weighted by Crippen LogP contribution is -2.25. The van der Waals surface area contributed by atoms with Crippen LogP contribution in [0.15, 0.2) is 41.3 Å². The third-order valence-corrected chi connectivity index (χ3v) is 5.07. The van der Waals surface area contributed by atoms with E-state index >= 15 is 0 Å². The first-order chi connectivity index (χ1) is 13.2. The van der Waals surface area contributed by atoms with Gasteiger partial charge in [-0.25, -0.2) is 0 Å². The summed E-state index contributed by atoms with van der Waals surface area (Å²) in [6.07, 6.45) is 0. The molecule has 0 heterocycles. The molecule has 2 aromatic carbocycles. The number of thioether (sulfide) groups is 1. The first kappa shape index (κ1) is 21.4. The highest BCUT2D eigenvalue weighted by molar-refractivity contribution is 8.00. The largest absolute Gasteiger partial charge is 0.455 e. The van der Waals surface area contributed by atoms with Crippen molar-refractivity contribution in [1.29, 1.82) is 0 Å². The second kappa shape index (κ2) is 9.36. The maximum atomic E-state index is 12.1. The molecule has 0 bridgehead atoms. The molecule has 2 rings (SSSR count). The molecule has 1 N–H and O–H groups in total. The molecule has 2 aromatic rings. The van der Waals surface area contributed by atoms with E-state index in [9.17, 15) is 19.7 Å². The highest BCUT2D eigenvalue weighted by Crippen LogP contribution is 2.26. The molecule has 0 saturated carbocycles. The second-order valence-electron chi connectivity index (χ2n) is 6.44. The molecule has 28 heavy (non-hydrogen) atoms. The number of carbonyl (C=O) groups excluding carboxylic acids is 2. The number of non-ortho nitro benzene ring substituents is 1. The molecule has 1 amide bonds. The monoisotopic (exact) mass is 402 g/mol. The topological polar surface area (TPSA) is 98.5 Å². The van der Waals surface area contributed by atoms with E-state index in [2.05, 4.69) is 5.32 Å². The maximum Gasteiger partial charge on any atom is 0.319 e. The molecular weight excluding hydrogens is 380 g/mol. The van der Waals surface area contributed by atoms with E-state index < -0.39 is 22.0 Å². The Kier molecular flexibility index (Phi) is 7.17. The third kappa shape index (κ3) is 5.82. The van der Waals surface area contributed by atoms with E-state index in [1.807, 2.05) is 32.9 Å². The van der Waals surface area contributed by atoms with E-state index in [1.54, 1.807) is 19.1 Å². The number of rotatable bonds is 7. The minimum absolute atomic E-state index is 0.0158. The number of hydrogen-bond acceptors (Lipinski definition) is 6. The highest BCUT2D eigenvalue weighted by Gasteiger charge is 2.18. The van der Waals surface area contributed by atoms with Gasteiger partial charge in [0.05, 0.1) is 4.92 Å². The lowest BCUT2D eigenvalue weighted by molar-refractivity contribution is -0.384. The number of anilines is 1. The zero-order valence-corrected chi connectivity index (χ0v) is 17.0. The number of ether oxygens (including phenoxy) is 1. The van der Waals surface area contributed by atoms with Gasteiger partial charge in [0.15, 0.2) is 6.61 Å². The molecule has 8 heteroatoms. The van der Waals surface area contributed by atoms with Gasteiger partial charge in [-0.15, -0.1) is 11.8 Å². The number of nitro groups is 1. The van der Waals surface area contributed by atoms with Crippen molar-refractivity contribution in [3.05, 3.63) is 63.2 Å². The zero-order valence-electron chi connectivity index (χ0n) is 16.1. The summed E-state index contributed by atoms with van der Waals surface area (Å²) in [5.41, 5.74) is 3.70. The SMILES string of the molecule is Cc1cc(C)c(NC(=O)COC(=O)[C@H](C)Sc2ccc([N+](=O)[O-])cc2)c(C)c1. The summed E-state index contributed by atoms with van der Waals surface area (Å²) in [4.78, 5) is 35.1. The van der Waals surface area contributed by atoms with Crippen LogP contribution in [0.25, 0.3) is 0 Å². The Morgan fingerprint density at radius 3 is 2.25 bits per heavy atom. The standard InChI is InChI=1S/C20H22N2O5S/c1-12-9-13(2)19(14(3)10-12)21-18(23)11-27-20(24)15(4)28-17-7-5-16(6-8-17)22(25)26/h5-10,15H,11H2,1-4H3,(H,21,23)/t15-/m0/s1. The molecule has 148 valence electrons. The fourth-order valence-corrected chi connectivity index (χ4v) is 3.57. The van der Waals surface area contributed by atoms with Crippen molar-refractivity contribution >= 4 is 35.0 Å². The van der Waals surface area contributed by atoms with Crippen LogP contribution in [0.1, 0.15) is 23.6 Å². The average Bonchev–Trinajstić information content (AvgIpc) is 2.63. The van der Waals surface area contributed by atoms with Gasteiger partial charge < -0.3 is 10.1 Å². The summed E-state index contributed by atoms with van der Waals surface area (Å²) < 4.78 is 5.10. The molecule has 7 nitrogen and oxygen atoms in total. The Labute approximate surface area is 167 Å². The van der Waals surface area contributed by atoms with Crippen LogP contribution < -0.4 is 5.32 Å².